The second-order valence-corrected chi connectivity index (χ2v) is 8.59. The Balaban J connectivity index is 1.73. The molecular weight excluding hydrogens is 340 g/mol. The summed E-state index contributed by atoms with van der Waals surface area (Å²) in [5.41, 5.74) is 0.335. The number of nitrogens with zero attached hydrogens (tertiary/aromatic N) is 3. The molecule has 0 amide bonds. The molecule has 0 saturated carbocycles. The molecule has 1 N–H and O–H groups in total. The molecule has 0 unspecified atom stereocenters. The standard InChI is InChI=1S/C17H18N4O3S/c1-17(2)10-21-16(24-11-17)15(9-19-21)25(22,23)20-14-8-18-7-12-5-3-4-6-13(12)14/h3-9,20H,10-11H2,1-2H3. The summed E-state index contributed by atoms with van der Waals surface area (Å²) < 4.78 is 35.6. The van der Waals surface area contributed by atoms with Gasteiger partial charge in [0.05, 0.1) is 31.2 Å². The van der Waals surface area contributed by atoms with Crippen LogP contribution in [-0.4, -0.2) is 29.8 Å². The van der Waals surface area contributed by atoms with Crippen molar-refractivity contribution in [3.05, 3.63) is 42.9 Å². The van der Waals surface area contributed by atoms with E-state index in [-0.39, 0.29) is 16.2 Å². The Morgan fingerprint density at radius 3 is 2.84 bits per heavy atom. The Morgan fingerprint density at radius 1 is 1.20 bits per heavy atom. The van der Waals surface area contributed by atoms with Crippen LogP contribution in [-0.2, 0) is 16.6 Å². The fourth-order valence-corrected chi connectivity index (χ4v) is 4.05. The van der Waals surface area contributed by atoms with Crippen molar-refractivity contribution in [3.8, 4) is 5.88 Å². The van der Waals surface area contributed by atoms with Gasteiger partial charge in [0.1, 0.15) is 0 Å². The molecule has 0 aliphatic carbocycles. The van der Waals surface area contributed by atoms with Crippen LogP contribution in [0.3, 0.4) is 0 Å². The third kappa shape index (κ3) is 2.82. The Bertz CT molecular complexity index is 1050. The van der Waals surface area contributed by atoms with Gasteiger partial charge in [-0.1, -0.05) is 38.1 Å². The van der Waals surface area contributed by atoms with E-state index in [1.54, 1.807) is 10.9 Å². The molecule has 0 saturated heterocycles. The van der Waals surface area contributed by atoms with Crippen LogP contribution in [0.1, 0.15) is 13.8 Å². The highest BCUT2D eigenvalue weighted by molar-refractivity contribution is 7.92. The summed E-state index contributed by atoms with van der Waals surface area (Å²) in [5, 5.41) is 5.82. The lowest BCUT2D eigenvalue weighted by Crippen LogP contribution is -2.33. The van der Waals surface area contributed by atoms with Gasteiger partial charge in [-0.05, 0) is 0 Å². The molecule has 25 heavy (non-hydrogen) atoms. The van der Waals surface area contributed by atoms with E-state index in [0.717, 1.165) is 10.8 Å². The molecule has 7 nitrogen and oxygen atoms in total. The van der Waals surface area contributed by atoms with Gasteiger partial charge in [-0.2, -0.15) is 5.10 Å². The third-order valence-electron chi connectivity index (χ3n) is 4.14. The number of aromatic nitrogens is 3. The normalized spacial score (nSPS) is 16.2. The zero-order chi connectivity index (χ0) is 17.7. The minimum Gasteiger partial charge on any atom is -0.476 e. The molecule has 0 radical (unpaired) electrons. The molecule has 0 atom stereocenters. The summed E-state index contributed by atoms with van der Waals surface area (Å²) in [7, 11) is -3.84. The Hall–Kier alpha value is -2.61. The number of hydrogen-bond acceptors (Lipinski definition) is 5. The Labute approximate surface area is 145 Å². The average Bonchev–Trinajstić information content (AvgIpc) is 2.97. The quantitative estimate of drug-likeness (QED) is 0.778. The van der Waals surface area contributed by atoms with Crippen LogP contribution >= 0.6 is 0 Å². The van der Waals surface area contributed by atoms with Gasteiger partial charge < -0.3 is 4.74 Å². The smallest absolute Gasteiger partial charge is 0.268 e. The zero-order valence-electron chi connectivity index (χ0n) is 13.9. The van der Waals surface area contributed by atoms with E-state index < -0.39 is 10.0 Å². The lowest BCUT2D eigenvalue weighted by atomic mass is 9.94. The maximum Gasteiger partial charge on any atom is 0.268 e. The van der Waals surface area contributed by atoms with Crippen LogP contribution in [0.15, 0.2) is 47.8 Å². The molecule has 1 aliphatic heterocycles. The summed E-state index contributed by atoms with van der Waals surface area (Å²) >= 11 is 0. The first kappa shape index (κ1) is 15.9. The topological polar surface area (TPSA) is 86.1 Å². The van der Waals surface area contributed by atoms with Crippen LogP contribution in [0.5, 0.6) is 5.88 Å². The summed E-state index contributed by atoms with van der Waals surface area (Å²) in [6.07, 6.45) is 4.53. The van der Waals surface area contributed by atoms with Gasteiger partial charge in [0.2, 0.25) is 5.88 Å². The zero-order valence-corrected chi connectivity index (χ0v) is 14.7. The predicted molar refractivity (Wildman–Crippen MR) is 94.1 cm³/mol. The van der Waals surface area contributed by atoms with Crippen molar-refractivity contribution in [2.24, 2.45) is 5.41 Å². The van der Waals surface area contributed by atoms with E-state index in [9.17, 15) is 8.42 Å². The average molecular weight is 358 g/mol. The Kier molecular flexibility index (Phi) is 3.47. The predicted octanol–water partition coefficient (Wildman–Crippen LogP) is 2.65. The van der Waals surface area contributed by atoms with Gasteiger partial charge in [0.15, 0.2) is 4.90 Å². The second-order valence-electron chi connectivity index (χ2n) is 6.94. The summed E-state index contributed by atoms with van der Waals surface area (Å²) in [6, 6.07) is 7.47. The van der Waals surface area contributed by atoms with Crippen LogP contribution in [0.4, 0.5) is 5.69 Å². The van der Waals surface area contributed by atoms with Gasteiger partial charge >= 0.3 is 0 Å². The highest BCUT2D eigenvalue weighted by Crippen LogP contribution is 2.34. The minimum absolute atomic E-state index is 0.0379. The molecule has 1 aliphatic rings. The van der Waals surface area contributed by atoms with Gasteiger partial charge in [0, 0.05) is 22.4 Å². The van der Waals surface area contributed by atoms with Crippen LogP contribution in [0.2, 0.25) is 0 Å². The number of nitrogens with one attached hydrogen (secondary N) is 1. The SMILES string of the molecule is CC1(C)COc2c(S(=O)(=O)Nc3cncc4ccccc34)cnn2C1. The number of fused-ring (bicyclic) bond motifs is 2. The van der Waals surface area contributed by atoms with E-state index in [2.05, 4.69) is 14.8 Å². The maximum absolute atomic E-state index is 12.9. The molecule has 0 fully saturated rings. The van der Waals surface area contributed by atoms with E-state index in [0.29, 0.717) is 18.8 Å². The number of rotatable bonds is 3. The van der Waals surface area contributed by atoms with Gasteiger partial charge in [-0.25, -0.2) is 13.1 Å². The molecule has 1 aromatic carbocycles. The molecule has 0 spiro atoms. The fourth-order valence-electron chi connectivity index (χ4n) is 2.91. The van der Waals surface area contributed by atoms with Crippen molar-refractivity contribution in [2.75, 3.05) is 11.3 Å². The van der Waals surface area contributed by atoms with E-state index in [1.807, 2.05) is 38.1 Å². The molecular formula is C17H18N4O3S. The largest absolute Gasteiger partial charge is 0.476 e. The molecule has 130 valence electrons. The number of hydrogen-bond donors (Lipinski definition) is 1. The van der Waals surface area contributed by atoms with Crippen molar-refractivity contribution in [1.29, 1.82) is 0 Å². The number of anilines is 1. The van der Waals surface area contributed by atoms with Crippen molar-refractivity contribution in [3.63, 3.8) is 0 Å². The molecule has 2 aromatic heterocycles. The van der Waals surface area contributed by atoms with Crippen molar-refractivity contribution < 1.29 is 13.2 Å². The Morgan fingerprint density at radius 2 is 2.00 bits per heavy atom. The van der Waals surface area contributed by atoms with Crippen molar-refractivity contribution in [1.82, 2.24) is 14.8 Å². The summed E-state index contributed by atoms with van der Waals surface area (Å²) in [6.45, 7) is 5.14. The third-order valence-corrected chi connectivity index (χ3v) is 5.49. The van der Waals surface area contributed by atoms with Gasteiger partial charge in [-0.3, -0.25) is 9.71 Å². The fraction of sp³-hybridized carbons (Fsp3) is 0.294. The van der Waals surface area contributed by atoms with Crippen LogP contribution in [0.25, 0.3) is 10.8 Å². The summed E-state index contributed by atoms with van der Waals surface area (Å²) in [4.78, 5) is 4.14. The van der Waals surface area contributed by atoms with E-state index in [1.165, 1.54) is 12.4 Å². The van der Waals surface area contributed by atoms with Gasteiger partial charge in [0.25, 0.3) is 10.0 Å². The molecule has 3 heterocycles. The van der Waals surface area contributed by atoms with E-state index >= 15 is 0 Å². The van der Waals surface area contributed by atoms with E-state index in [4.69, 9.17) is 4.74 Å². The number of pyridine rings is 1. The minimum atomic E-state index is -3.84. The number of sulfonamides is 1. The van der Waals surface area contributed by atoms with Crippen LogP contribution < -0.4 is 9.46 Å². The number of benzene rings is 1. The molecule has 8 heteroatoms. The second kappa shape index (κ2) is 5.45. The maximum atomic E-state index is 12.9. The summed E-state index contributed by atoms with van der Waals surface area (Å²) in [5.74, 6) is 0.278. The van der Waals surface area contributed by atoms with Crippen molar-refractivity contribution in [2.45, 2.75) is 25.3 Å². The first-order valence-electron chi connectivity index (χ1n) is 7.90. The molecule has 3 aromatic rings. The first-order valence-corrected chi connectivity index (χ1v) is 9.38. The lowest BCUT2D eigenvalue weighted by molar-refractivity contribution is 0.0971. The highest BCUT2D eigenvalue weighted by atomic mass is 32.2. The van der Waals surface area contributed by atoms with Crippen LogP contribution in [0, 0.1) is 5.41 Å². The number of ether oxygens (including phenoxy) is 1. The first-order chi connectivity index (χ1) is 11.9. The molecule has 4 rings (SSSR count). The highest BCUT2D eigenvalue weighted by Gasteiger charge is 2.33. The molecule has 0 bridgehead atoms. The lowest BCUT2D eigenvalue weighted by Gasteiger charge is -2.30. The van der Waals surface area contributed by atoms with Crippen molar-refractivity contribution >= 4 is 26.5 Å². The van der Waals surface area contributed by atoms with Gasteiger partial charge in [-0.15, -0.1) is 0 Å². The monoisotopic (exact) mass is 358 g/mol.